The minimum absolute atomic E-state index is 0.0256. The number of carbonyl (C=O) groups is 3. The number of carbonyl (C=O) groups excluding carboxylic acids is 3. The molecule has 3 amide bonds. The Labute approximate surface area is 327 Å². The number of aromatic nitrogens is 4. The van der Waals surface area contributed by atoms with Crippen molar-refractivity contribution in [1.29, 1.82) is 0 Å². The molecule has 5 heterocycles. The Balaban J connectivity index is 1.05. The molecule has 2 aromatic carbocycles. The molecule has 3 N–H and O–H groups in total. The first-order valence-electron chi connectivity index (χ1n) is 19.6. The second-order valence-corrected chi connectivity index (χ2v) is 16.5. The van der Waals surface area contributed by atoms with E-state index in [1.54, 1.807) is 11.1 Å². The van der Waals surface area contributed by atoms with Gasteiger partial charge in [0.25, 0.3) is 0 Å². The number of nitrogens with zero attached hydrogens (tertiary/aromatic N) is 4. The van der Waals surface area contributed by atoms with Crippen LogP contribution in [0.5, 0.6) is 0 Å². The topological polar surface area (TPSA) is 146 Å². The van der Waals surface area contributed by atoms with Gasteiger partial charge in [0, 0.05) is 48.1 Å². The Hall–Kier alpha value is -5.22. The van der Waals surface area contributed by atoms with Crippen LogP contribution < -0.4 is 5.32 Å². The maximum atomic E-state index is 13.9. The zero-order valence-electron chi connectivity index (χ0n) is 33.0. The number of imidazole rings is 2. The van der Waals surface area contributed by atoms with Crippen molar-refractivity contribution < 1.29 is 28.2 Å². The molecule has 3 aliphatic heterocycles. The molecule has 3 saturated heterocycles. The Bertz CT molecular complexity index is 2130. The first-order valence-corrected chi connectivity index (χ1v) is 19.6. The maximum absolute atomic E-state index is 13.9. The molecule has 6 atom stereocenters. The van der Waals surface area contributed by atoms with Gasteiger partial charge in [-0.25, -0.2) is 14.8 Å². The molecule has 0 saturated carbocycles. The van der Waals surface area contributed by atoms with E-state index in [1.807, 2.05) is 68.1 Å². The molecule has 2 aromatic heterocycles. The molecule has 3 aliphatic rings. The summed E-state index contributed by atoms with van der Waals surface area (Å²) in [6.07, 6.45) is 3.23. The monoisotopic (exact) mass is 765 g/mol. The van der Waals surface area contributed by atoms with E-state index in [0.717, 1.165) is 58.7 Å². The van der Waals surface area contributed by atoms with Gasteiger partial charge in [0.1, 0.15) is 17.7 Å². The number of rotatable bonds is 9. The molecule has 0 aliphatic carbocycles. The van der Waals surface area contributed by atoms with E-state index in [0.29, 0.717) is 25.4 Å². The van der Waals surface area contributed by atoms with Crippen LogP contribution in [0.4, 0.5) is 9.18 Å². The lowest BCUT2D eigenvalue weighted by atomic mass is 9.85. The summed E-state index contributed by atoms with van der Waals surface area (Å²) in [6, 6.07) is 12.3. The van der Waals surface area contributed by atoms with Crippen molar-refractivity contribution in [2.75, 3.05) is 40.1 Å². The van der Waals surface area contributed by atoms with Crippen molar-refractivity contribution >= 4 is 28.9 Å². The Morgan fingerprint density at radius 1 is 0.982 bits per heavy atom. The van der Waals surface area contributed by atoms with E-state index in [2.05, 4.69) is 46.0 Å². The van der Waals surface area contributed by atoms with E-state index >= 15 is 0 Å². The molecule has 56 heavy (non-hydrogen) atoms. The number of nitrogens with one attached hydrogen (secondary N) is 3. The van der Waals surface area contributed by atoms with Crippen LogP contribution in [0.25, 0.3) is 22.3 Å². The number of halogens is 1. The van der Waals surface area contributed by atoms with Crippen molar-refractivity contribution in [3.63, 3.8) is 0 Å². The number of alkyl carbamates (subject to hydrolysis) is 1. The van der Waals surface area contributed by atoms with Gasteiger partial charge >= 0.3 is 6.09 Å². The van der Waals surface area contributed by atoms with Crippen LogP contribution in [0, 0.1) is 40.9 Å². The van der Waals surface area contributed by atoms with E-state index in [4.69, 9.17) is 14.5 Å². The molecule has 7 rings (SSSR count). The van der Waals surface area contributed by atoms with E-state index < -0.39 is 24.9 Å². The lowest BCUT2D eigenvalue weighted by Gasteiger charge is -2.30. The second kappa shape index (κ2) is 16.1. The summed E-state index contributed by atoms with van der Waals surface area (Å²) < 4.78 is 24.4. The van der Waals surface area contributed by atoms with Crippen molar-refractivity contribution in [2.45, 2.75) is 72.0 Å². The van der Waals surface area contributed by atoms with Gasteiger partial charge < -0.3 is 34.6 Å². The van der Waals surface area contributed by atoms with Crippen LogP contribution in [0.3, 0.4) is 0 Å². The maximum Gasteiger partial charge on any atom is 0.407 e. The van der Waals surface area contributed by atoms with Crippen LogP contribution in [0.15, 0.2) is 48.7 Å². The van der Waals surface area contributed by atoms with Crippen molar-refractivity contribution in [1.82, 2.24) is 35.1 Å². The van der Waals surface area contributed by atoms with Gasteiger partial charge in [-0.15, -0.1) is 0 Å². The highest BCUT2D eigenvalue weighted by atomic mass is 19.1. The number of ether oxygens (including phenoxy) is 2. The highest BCUT2D eigenvalue weighted by Gasteiger charge is 2.50. The number of hydrogen-bond acceptors (Lipinski definition) is 7. The van der Waals surface area contributed by atoms with Crippen molar-refractivity contribution in [2.24, 2.45) is 29.1 Å². The Morgan fingerprint density at radius 2 is 1.73 bits per heavy atom. The summed E-state index contributed by atoms with van der Waals surface area (Å²) in [7, 11) is 1.25. The minimum atomic E-state index is -0.816. The van der Waals surface area contributed by atoms with Crippen LogP contribution in [0.2, 0.25) is 0 Å². The molecule has 0 unspecified atom stereocenters. The molecular weight excluding hydrogens is 714 g/mol. The fraction of sp³-hybridized carbons (Fsp3) is 0.512. The molecule has 1 spiro atoms. The third kappa shape index (κ3) is 7.89. The number of aromatic amines is 2. The summed E-state index contributed by atoms with van der Waals surface area (Å²) >= 11 is 0. The molecule has 3 fully saturated rings. The number of fused-ring (bicyclic) bond motifs is 1. The third-order valence-corrected chi connectivity index (χ3v) is 11.9. The largest absolute Gasteiger partial charge is 0.453 e. The summed E-state index contributed by atoms with van der Waals surface area (Å²) in [5, 5.41) is 2.63. The first kappa shape index (κ1) is 39.0. The normalized spacial score (nSPS) is 23.2. The van der Waals surface area contributed by atoms with Crippen LogP contribution in [-0.4, -0.2) is 93.8 Å². The molecular formula is C43H52FN7O5. The predicted molar refractivity (Wildman–Crippen MR) is 210 cm³/mol. The van der Waals surface area contributed by atoms with Gasteiger partial charge in [-0.2, -0.15) is 0 Å². The van der Waals surface area contributed by atoms with Crippen LogP contribution in [-0.2, 0) is 19.1 Å². The summed E-state index contributed by atoms with van der Waals surface area (Å²) in [4.78, 5) is 59.4. The predicted octanol–water partition coefficient (Wildman–Crippen LogP) is 6.56. The molecule has 0 bridgehead atoms. The zero-order valence-corrected chi connectivity index (χ0v) is 33.0. The highest BCUT2D eigenvalue weighted by Crippen LogP contribution is 2.48. The zero-order chi connectivity index (χ0) is 39.7. The molecule has 12 nitrogen and oxygen atoms in total. The van der Waals surface area contributed by atoms with Crippen LogP contribution in [0.1, 0.15) is 88.7 Å². The molecule has 0 radical (unpaired) electrons. The SMILES string of the molecule is COC(=O)N[C@H](C(=O)N1C[C@@H](CF)C[C@H]1c1ncc(-c2ccc(C#Cc3ccc4nc([C@@H]5C[C@]6(CCOC6)CN5C(=O)[C@@H](C)C(C)C)[nH]c4c3)cc2)[nH]1)C(C)C. The van der Waals surface area contributed by atoms with Gasteiger partial charge in [-0.3, -0.25) is 14.0 Å². The van der Waals surface area contributed by atoms with E-state index in [9.17, 15) is 18.8 Å². The van der Waals surface area contributed by atoms with Gasteiger partial charge in [0.15, 0.2) is 0 Å². The standard InChI is InChI=1S/C43H52FN7O5/c1-25(2)27(5)40(52)51-23-43(15-16-56-24-43)19-36(51)39-46-32-14-11-29(17-33(32)47-39)8-7-28-9-12-31(13-10-28)34-21-45-38(48-34)35-18-30(20-44)22-50(35)41(53)37(26(3)4)49-42(54)55-6/h9-14,17,21,25-27,30,35-37H,15-16,18-20,22-24H2,1-6H3,(H,45,48)(H,46,47)(H,49,54)/t27-,30+,35-,36-,37-,43+/m0/s1. The van der Waals surface area contributed by atoms with Crippen molar-refractivity contribution in [3.05, 3.63) is 71.4 Å². The van der Waals surface area contributed by atoms with Crippen LogP contribution >= 0.6 is 0 Å². The minimum Gasteiger partial charge on any atom is -0.453 e. The third-order valence-electron chi connectivity index (χ3n) is 11.9. The smallest absolute Gasteiger partial charge is 0.407 e. The molecule has 296 valence electrons. The number of hydrogen-bond donors (Lipinski definition) is 3. The fourth-order valence-electron chi connectivity index (χ4n) is 8.22. The number of likely N-dealkylation sites (tertiary alicyclic amines) is 2. The molecule has 13 heteroatoms. The average molecular weight is 766 g/mol. The van der Waals surface area contributed by atoms with Gasteiger partial charge in [-0.1, -0.05) is 58.6 Å². The van der Waals surface area contributed by atoms with Gasteiger partial charge in [0.05, 0.1) is 55.4 Å². The number of amides is 3. The number of H-pyrrole nitrogens is 2. The van der Waals surface area contributed by atoms with E-state index in [-0.39, 0.29) is 53.5 Å². The highest BCUT2D eigenvalue weighted by molar-refractivity contribution is 5.86. The lowest BCUT2D eigenvalue weighted by Crippen LogP contribution is -2.51. The second-order valence-electron chi connectivity index (χ2n) is 16.5. The number of benzene rings is 2. The summed E-state index contributed by atoms with van der Waals surface area (Å²) in [5.74, 6) is 7.43. The molecule has 4 aromatic rings. The fourth-order valence-corrected chi connectivity index (χ4v) is 8.22. The van der Waals surface area contributed by atoms with Gasteiger partial charge in [0.2, 0.25) is 11.8 Å². The first-order chi connectivity index (χ1) is 26.9. The van der Waals surface area contributed by atoms with E-state index in [1.165, 1.54) is 7.11 Å². The number of methoxy groups -OCH3 is 1. The Morgan fingerprint density at radius 3 is 2.41 bits per heavy atom. The average Bonchev–Trinajstić information content (AvgIpc) is 4.05. The number of alkyl halides is 1. The summed E-state index contributed by atoms with van der Waals surface area (Å²) in [6.45, 7) is 11.7. The summed E-state index contributed by atoms with van der Waals surface area (Å²) in [5.41, 5.74) is 5.01. The van der Waals surface area contributed by atoms with Crippen molar-refractivity contribution in [3.8, 4) is 23.1 Å². The quantitative estimate of drug-likeness (QED) is 0.164. The van der Waals surface area contributed by atoms with Gasteiger partial charge in [-0.05, 0) is 67.0 Å². The Kier molecular flexibility index (Phi) is 11.2. The lowest BCUT2D eigenvalue weighted by molar-refractivity contribution is -0.138.